The van der Waals surface area contributed by atoms with E-state index in [1.54, 1.807) is 33.8 Å². The number of amides is 1. The van der Waals surface area contributed by atoms with Crippen molar-refractivity contribution >= 4 is 11.9 Å². The van der Waals surface area contributed by atoms with Gasteiger partial charge >= 0.3 is 5.97 Å². The molecule has 0 spiro atoms. The summed E-state index contributed by atoms with van der Waals surface area (Å²) >= 11 is 0. The fourth-order valence-electron chi connectivity index (χ4n) is 3.15. The van der Waals surface area contributed by atoms with E-state index in [0.29, 0.717) is 17.9 Å². The minimum Gasteiger partial charge on any atom is -0.479 e. The van der Waals surface area contributed by atoms with E-state index < -0.39 is 22.8 Å². The van der Waals surface area contributed by atoms with E-state index >= 15 is 0 Å². The van der Waals surface area contributed by atoms with Crippen molar-refractivity contribution in [2.45, 2.75) is 52.7 Å². The van der Waals surface area contributed by atoms with Crippen LogP contribution in [-0.4, -0.2) is 35.2 Å². The minimum absolute atomic E-state index is 0.161. The molecule has 1 aliphatic rings. The molecule has 1 aromatic heterocycles. The van der Waals surface area contributed by atoms with Crippen molar-refractivity contribution < 1.29 is 23.8 Å². The van der Waals surface area contributed by atoms with Gasteiger partial charge in [-0.15, -0.1) is 0 Å². The second kappa shape index (κ2) is 5.43. The first kappa shape index (κ1) is 16.5. The van der Waals surface area contributed by atoms with Crippen molar-refractivity contribution in [1.29, 1.82) is 0 Å². The first-order valence-corrected chi connectivity index (χ1v) is 7.40. The van der Waals surface area contributed by atoms with E-state index in [9.17, 15) is 14.7 Å². The third-order valence-electron chi connectivity index (χ3n) is 4.70. The molecule has 1 aromatic rings. The van der Waals surface area contributed by atoms with Gasteiger partial charge in [-0.25, -0.2) is 4.79 Å². The van der Waals surface area contributed by atoms with E-state index in [0.717, 1.165) is 0 Å². The maximum Gasteiger partial charge on any atom is 0.330 e. The Labute approximate surface area is 129 Å². The van der Waals surface area contributed by atoms with Gasteiger partial charge in [0.15, 0.2) is 5.76 Å². The molecule has 1 aliphatic carbocycles. The predicted octanol–water partition coefficient (Wildman–Crippen LogP) is 2.28. The molecule has 0 saturated heterocycles. The van der Waals surface area contributed by atoms with Gasteiger partial charge in [0.1, 0.15) is 11.3 Å². The summed E-state index contributed by atoms with van der Waals surface area (Å²) in [6.45, 7) is 9.47. The molecule has 0 aromatic carbocycles. The molecule has 2 rings (SSSR count). The normalized spacial score (nSPS) is 26.3. The zero-order chi connectivity index (χ0) is 16.7. The van der Waals surface area contributed by atoms with Crippen LogP contribution in [-0.2, 0) is 9.53 Å². The molecule has 1 saturated carbocycles. The van der Waals surface area contributed by atoms with Crippen molar-refractivity contribution in [2.75, 3.05) is 6.61 Å². The van der Waals surface area contributed by atoms with Crippen LogP contribution in [0.15, 0.2) is 10.5 Å². The van der Waals surface area contributed by atoms with Gasteiger partial charge < -0.3 is 19.6 Å². The summed E-state index contributed by atoms with van der Waals surface area (Å²) in [5, 5.41) is 12.3. The predicted molar refractivity (Wildman–Crippen MR) is 79.8 cm³/mol. The van der Waals surface area contributed by atoms with Gasteiger partial charge in [0.25, 0.3) is 5.91 Å². The van der Waals surface area contributed by atoms with Crippen molar-refractivity contribution in [1.82, 2.24) is 5.32 Å². The van der Waals surface area contributed by atoms with Crippen LogP contribution in [0.2, 0.25) is 0 Å². The lowest BCUT2D eigenvalue weighted by molar-refractivity contribution is -0.190. The Kier molecular flexibility index (Phi) is 4.08. The minimum atomic E-state index is -1.35. The summed E-state index contributed by atoms with van der Waals surface area (Å²) in [4.78, 5) is 24.3. The van der Waals surface area contributed by atoms with Gasteiger partial charge in [-0.2, -0.15) is 0 Å². The number of hydrogen-bond donors (Lipinski definition) is 2. The molecular weight excluding hydrogens is 286 g/mol. The van der Waals surface area contributed by atoms with Gasteiger partial charge in [0, 0.05) is 24.0 Å². The molecule has 6 heteroatoms. The topological polar surface area (TPSA) is 88.8 Å². The highest BCUT2D eigenvalue weighted by atomic mass is 16.5. The van der Waals surface area contributed by atoms with Crippen LogP contribution < -0.4 is 5.32 Å². The average molecular weight is 309 g/mol. The lowest BCUT2D eigenvalue weighted by Gasteiger charge is -2.58. The molecule has 22 heavy (non-hydrogen) atoms. The maximum atomic E-state index is 12.4. The molecule has 6 nitrogen and oxygen atoms in total. The highest BCUT2D eigenvalue weighted by molar-refractivity contribution is 5.97. The quantitative estimate of drug-likeness (QED) is 0.871. The molecule has 0 bridgehead atoms. The standard InChI is InChI=1S/C16H23NO5/c1-6-21-11-8-16(14(19)20,15(11,4)5)17-13(18)12-9(2)7-10(3)22-12/h7,11H,6,8H2,1-5H3,(H,17,18)(H,19,20). The number of aryl methyl sites for hydroxylation is 2. The molecule has 1 fully saturated rings. The summed E-state index contributed by atoms with van der Waals surface area (Å²) in [7, 11) is 0. The smallest absolute Gasteiger partial charge is 0.330 e. The SMILES string of the molecule is CCOC1CC(NC(=O)c2oc(C)cc2C)(C(=O)O)C1(C)C. The highest BCUT2D eigenvalue weighted by Crippen LogP contribution is 2.51. The molecule has 2 unspecified atom stereocenters. The number of carbonyl (C=O) groups excluding carboxylic acids is 1. The van der Waals surface area contributed by atoms with Gasteiger partial charge in [0.2, 0.25) is 0 Å². The monoisotopic (exact) mass is 309 g/mol. The van der Waals surface area contributed by atoms with Crippen LogP contribution in [0.25, 0.3) is 0 Å². The third kappa shape index (κ3) is 2.31. The summed E-state index contributed by atoms with van der Waals surface area (Å²) in [6.07, 6.45) is 0.0431. The first-order valence-electron chi connectivity index (χ1n) is 7.40. The molecule has 1 amide bonds. The van der Waals surface area contributed by atoms with E-state index in [4.69, 9.17) is 9.15 Å². The van der Waals surface area contributed by atoms with Crippen LogP contribution >= 0.6 is 0 Å². The largest absolute Gasteiger partial charge is 0.479 e. The number of carboxylic acids is 1. The Hall–Kier alpha value is -1.82. The number of aliphatic carboxylic acids is 1. The lowest BCUT2D eigenvalue weighted by atomic mass is 9.54. The molecular formula is C16H23NO5. The fourth-order valence-corrected chi connectivity index (χ4v) is 3.15. The Morgan fingerprint density at radius 1 is 1.45 bits per heavy atom. The maximum absolute atomic E-state index is 12.4. The van der Waals surface area contributed by atoms with Crippen molar-refractivity contribution in [3.8, 4) is 0 Å². The van der Waals surface area contributed by atoms with Gasteiger partial charge in [-0.3, -0.25) is 4.79 Å². The van der Waals surface area contributed by atoms with E-state index in [2.05, 4.69) is 5.32 Å². The van der Waals surface area contributed by atoms with Crippen LogP contribution in [0.5, 0.6) is 0 Å². The first-order chi connectivity index (χ1) is 10.2. The second-order valence-corrected chi connectivity index (χ2v) is 6.40. The summed E-state index contributed by atoms with van der Waals surface area (Å²) in [5.41, 5.74) is -1.37. The lowest BCUT2D eigenvalue weighted by Crippen LogP contribution is -2.76. The molecule has 1 heterocycles. The van der Waals surface area contributed by atoms with Crippen LogP contribution in [0.1, 0.15) is 49.1 Å². The van der Waals surface area contributed by atoms with Gasteiger partial charge in [-0.1, -0.05) is 13.8 Å². The van der Waals surface area contributed by atoms with Crippen molar-refractivity contribution in [3.63, 3.8) is 0 Å². The van der Waals surface area contributed by atoms with E-state index in [1.807, 2.05) is 6.92 Å². The number of carboxylic acid groups (broad SMARTS) is 1. The third-order valence-corrected chi connectivity index (χ3v) is 4.70. The van der Waals surface area contributed by atoms with Crippen molar-refractivity contribution in [2.24, 2.45) is 5.41 Å². The second-order valence-electron chi connectivity index (χ2n) is 6.40. The number of hydrogen-bond acceptors (Lipinski definition) is 4. The number of carbonyl (C=O) groups is 2. The Balaban J connectivity index is 2.26. The molecule has 122 valence electrons. The Morgan fingerprint density at radius 3 is 2.50 bits per heavy atom. The zero-order valence-corrected chi connectivity index (χ0v) is 13.6. The van der Waals surface area contributed by atoms with Crippen LogP contribution in [0.4, 0.5) is 0 Å². The molecule has 2 atom stereocenters. The zero-order valence-electron chi connectivity index (χ0n) is 13.6. The molecule has 0 radical (unpaired) electrons. The average Bonchev–Trinajstić information content (AvgIpc) is 2.75. The Bertz CT molecular complexity index is 604. The number of furan rings is 1. The number of rotatable bonds is 5. The number of nitrogens with one attached hydrogen (secondary N) is 1. The summed E-state index contributed by atoms with van der Waals surface area (Å²) in [6, 6.07) is 1.75. The van der Waals surface area contributed by atoms with E-state index in [1.165, 1.54) is 0 Å². The summed E-state index contributed by atoms with van der Waals surface area (Å²) in [5.74, 6) is -0.778. The van der Waals surface area contributed by atoms with E-state index in [-0.39, 0.29) is 18.3 Å². The molecule has 0 aliphatic heterocycles. The van der Waals surface area contributed by atoms with Crippen molar-refractivity contribution in [3.05, 3.63) is 23.2 Å². The Morgan fingerprint density at radius 2 is 2.09 bits per heavy atom. The van der Waals surface area contributed by atoms with Gasteiger partial charge in [0.05, 0.1) is 6.10 Å². The summed E-state index contributed by atoms with van der Waals surface area (Å²) < 4.78 is 11.0. The number of ether oxygens (including phenoxy) is 1. The molecule has 2 N–H and O–H groups in total. The van der Waals surface area contributed by atoms with Gasteiger partial charge in [-0.05, 0) is 26.8 Å². The van der Waals surface area contributed by atoms with Crippen LogP contribution in [0.3, 0.4) is 0 Å². The fraction of sp³-hybridized carbons (Fsp3) is 0.625. The van der Waals surface area contributed by atoms with Crippen LogP contribution in [0, 0.1) is 19.3 Å². The highest BCUT2D eigenvalue weighted by Gasteiger charge is 2.66.